The van der Waals surface area contributed by atoms with Crippen molar-refractivity contribution in [2.75, 3.05) is 32.6 Å². The molecule has 2 aromatic carbocycles. The van der Waals surface area contributed by atoms with Crippen LogP contribution in [0.15, 0.2) is 36.7 Å². The molecule has 1 fully saturated rings. The van der Waals surface area contributed by atoms with Gasteiger partial charge in [-0.3, -0.25) is 0 Å². The van der Waals surface area contributed by atoms with Crippen LogP contribution in [0.1, 0.15) is 12.8 Å². The maximum Gasteiger partial charge on any atom is 0.165 e. The molecule has 8 heteroatoms. The van der Waals surface area contributed by atoms with Crippen LogP contribution in [-0.2, 0) is 0 Å². The number of halogens is 2. The first kappa shape index (κ1) is 19.7. The van der Waals surface area contributed by atoms with Gasteiger partial charge in [0.05, 0.1) is 23.3 Å². The van der Waals surface area contributed by atoms with E-state index in [0.717, 1.165) is 13.0 Å². The first-order valence-corrected chi connectivity index (χ1v) is 9.81. The number of rotatable bonds is 6. The average molecular weight is 417 g/mol. The zero-order valence-electron chi connectivity index (χ0n) is 16.3. The van der Waals surface area contributed by atoms with Crippen molar-refractivity contribution >= 4 is 34.0 Å². The molecule has 152 valence electrons. The number of aromatic nitrogens is 2. The third kappa shape index (κ3) is 4.06. The van der Waals surface area contributed by atoms with Gasteiger partial charge in [-0.15, -0.1) is 0 Å². The van der Waals surface area contributed by atoms with Crippen LogP contribution in [0.2, 0.25) is 5.02 Å². The molecule has 1 aromatic heterocycles. The second-order valence-electron chi connectivity index (χ2n) is 7.06. The molecule has 0 amide bonds. The monoisotopic (exact) mass is 416 g/mol. The number of fused-ring (bicyclic) bond motifs is 1. The second kappa shape index (κ2) is 8.39. The van der Waals surface area contributed by atoms with Crippen LogP contribution >= 0.6 is 11.6 Å². The van der Waals surface area contributed by atoms with E-state index in [1.165, 1.54) is 18.8 Å². The zero-order valence-corrected chi connectivity index (χ0v) is 17.0. The molecule has 0 radical (unpaired) electrons. The highest BCUT2D eigenvalue weighted by atomic mass is 35.5. The van der Waals surface area contributed by atoms with Gasteiger partial charge in [0.25, 0.3) is 0 Å². The summed E-state index contributed by atoms with van der Waals surface area (Å²) < 4.78 is 25.9. The highest BCUT2D eigenvalue weighted by Crippen LogP contribution is 2.36. The summed E-state index contributed by atoms with van der Waals surface area (Å²) >= 11 is 5.89. The van der Waals surface area contributed by atoms with Crippen LogP contribution in [0.5, 0.6) is 11.5 Å². The fraction of sp³-hybridized carbons (Fsp3) is 0.333. The lowest BCUT2D eigenvalue weighted by molar-refractivity contribution is 0.193. The zero-order chi connectivity index (χ0) is 20.4. The molecule has 2 heterocycles. The summed E-state index contributed by atoms with van der Waals surface area (Å²) in [6, 6.07) is 8.77. The molecule has 1 unspecified atom stereocenters. The number of benzene rings is 2. The van der Waals surface area contributed by atoms with Crippen molar-refractivity contribution in [2.24, 2.45) is 0 Å². The van der Waals surface area contributed by atoms with E-state index < -0.39 is 5.82 Å². The molecule has 1 N–H and O–H groups in total. The van der Waals surface area contributed by atoms with Crippen molar-refractivity contribution in [3.63, 3.8) is 0 Å². The van der Waals surface area contributed by atoms with Gasteiger partial charge in [-0.2, -0.15) is 0 Å². The van der Waals surface area contributed by atoms with Crippen LogP contribution in [0, 0.1) is 5.82 Å². The molecule has 29 heavy (non-hydrogen) atoms. The predicted octanol–water partition coefficient (Wildman–Crippen LogP) is 4.65. The average Bonchev–Trinajstić information content (AvgIpc) is 3.14. The molecular weight excluding hydrogens is 395 g/mol. The Labute approximate surface area is 173 Å². The summed E-state index contributed by atoms with van der Waals surface area (Å²) in [7, 11) is 3.70. The van der Waals surface area contributed by atoms with Crippen LogP contribution in [0.3, 0.4) is 0 Å². The molecule has 0 saturated carbocycles. The Bertz CT molecular complexity index is 1030. The molecule has 1 saturated heterocycles. The minimum Gasteiger partial charge on any atom is -0.493 e. The Balaban J connectivity index is 1.67. The Kier molecular flexibility index (Phi) is 5.69. The van der Waals surface area contributed by atoms with Gasteiger partial charge in [-0.1, -0.05) is 17.7 Å². The fourth-order valence-corrected chi connectivity index (χ4v) is 3.71. The van der Waals surface area contributed by atoms with Crippen molar-refractivity contribution in [3.05, 3.63) is 47.5 Å². The van der Waals surface area contributed by atoms with E-state index in [9.17, 15) is 4.39 Å². The minimum absolute atomic E-state index is 0.0414. The van der Waals surface area contributed by atoms with Gasteiger partial charge in [0.15, 0.2) is 17.3 Å². The fourth-order valence-electron chi connectivity index (χ4n) is 3.54. The molecule has 6 nitrogen and oxygen atoms in total. The van der Waals surface area contributed by atoms with Crippen LogP contribution < -0.4 is 14.8 Å². The van der Waals surface area contributed by atoms with E-state index in [0.29, 0.717) is 40.9 Å². The number of nitrogens with one attached hydrogen (secondary N) is 1. The Hall–Kier alpha value is -2.64. The van der Waals surface area contributed by atoms with E-state index >= 15 is 0 Å². The van der Waals surface area contributed by atoms with Gasteiger partial charge >= 0.3 is 0 Å². The summed E-state index contributed by atoms with van der Waals surface area (Å²) in [5, 5.41) is 3.75. The van der Waals surface area contributed by atoms with E-state index in [1.807, 2.05) is 6.07 Å². The minimum atomic E-state index is -0.532. The lowest BCUT2D eigenvalue weighted by atomic mass is 10.2. The largest absolute Gasteiger partial charge is 0.493 e. The number of likely N-dealkylation sites (tertiary alicyclic amines) is 1. The maximum absolute atomic E-state index is 14.3. The van der Waals surface area contributed by atoms with E-state index in [4.69, 9.17) is 21.1 Å². The predicted molar refractivity (Wildman–Crippen MR) is 112 cm³/mol. The summed E-state index contributed by atoms with van der Waals surface area (Å²) in [5.74, 6) is 1.12. The number of ether oxygens (including phenoxy) is 2. The number of hydrogen-bond donors (Lipinski definition) is 1. The highest BCUT2D eigenvalue weighted by Gasteiger charge is 2.22. The number of likely N-dealkylation sites (N-methyl/N-ethyl adjacent to an activating group) is 1. The first-order chi connectivity index (χ1) is 14.1. The van der Waals surface area contributed by atoms with Gasteiger partial charge in [0.1, 0.15) is 18.8 Å². The molecule has 4 rings (SSSR count). The third-order valence-corrected chi connectivity index (χ3v) is 5.52. The summed E-state index contributed by atoms with van der Waals surface area (Å²) in [4.78, 5) is 10.9. The third-order valence-electron chi connectivity index (χ3n) is 5.23. The van der Waals surface area contributed by atoms with Crippen molar-refractivity contribution in [1.29, 1.82) is 0 Å². The normalized spacial score (nSPS) is 16.9. The molecule has 1 atom stereocenters. The van der Waals surface area contributed by atoms with Gasteiger partial charge in [-0.25, -0.2) is 14.4 Å². The lowest BCUT2D eigenvalue weighted by Gasteiger charge is -2.21. The van der Waals surface area contributed by atoms with E-state index in [1.54, 1.807) is 25.3 Å². The van der Waals surface area contributed by atoms with Crippen LogP contribution in [0.4, 0.5) is 15.9 Å². The molecule has 1 aliphatic heterocycles. The Morgan fingerprint density at radius 2 is 2.14 bits per heavy atom. The standard InChI is InChI=1S/C21H22ClFN4O2/c1-27-8-4-5-13(27)11-29-19-9-14-17(10-18(19)28-2)24-12-25-21(14)26-16-7-3-6-15(22)20(16)23/h3,6-7,9-10,12-13H,4-5,8,11H2,1-2H3,(H,24,25,26). The van der Waals surface area contributed by atoms with Crippen molar-refractivity contribution in [1.82, 2.24) is 14.9 Å². The smallest absolute Gasteiger partial charge is 0.165 e. The van der Waals surface area contributed by atoms with Crippen molar-refractivity contribution < 1.29 is 13.9 Å². The second-order valence-corrected chi connectivity index (χ2v) is 7.46. The maximum atomic E-state index is 14.3. The molecular formula is C21H22ClFN4O2. The molecule has 0 bridgehead atoms. The van der Waals surface area contributed by atoms with Gasteiger partial charge in [0, 0.05) is 17.5 Å². The molecule has 3 aromatic rings. The number of anilines is 2. The van der Waals surface area contributed by atoms with E-state index in [2.05, 4.69) is 27.2 Å². The Morgan fingerprint density at radius 1 is 1.28 bits per heavy atom. The SMILES string of the molecule is COc1cc2ncnc(Nc3cccc(Cl)c3F)c2cc1OCC1CCCN1C. The lowest BCUT2D eigenvalue weighted by Crippen LogP contribution is -2.30. The highest BCUT2D eigenvalue weighted by molar-refractivity contribution is 6.31. The van der Waals surface area contributed by atoms with Gasteiger partial charge in [-0.05, 0) is 44.6 Å². The Morgan fingerprint density at radius 3 is 2.90 bits per heavy atom. The topological polar surface area (TPSA) is 59.5 Å². The van der Waals surface area contributed by atoms with Gasteiger partial charge in [0.2, 0.25) is 0 Å². The molecule has 0 aliphatic carbocycles. The van der Waals surface area contributed by atoms with Gasteiger partial charge < -0.3 is 19.7 Å². The summed E-state index contributed by atoms with van der Waals surface area (Å²) in [6.07, 6.45) is 3.70. The first-order valence-electron chi connectivity index (χ1n) is 9.43. The van der Waals surface area contributed by atoms with Crippen LogP contribution in [-0.4, -0.2) is 48.2 Å². The summed E-state index contributed by atoms with van der Waals surface area (Å²) in [6.45, 7) is 1.65. The molecule has 0 spiro atoms. The summed E-state index contributed by atoms with van der Waals surface area (Å²) in [5.41, 5.74) is 0.899. The van der Waals surface area contributed by atoms with E-state index in [-0.39, 0.29) is 10.7 Å². The van der Waals surface area contributed by atoms with Crippen LogP contribution in [0.25, 0.3) is 10.9 Å². The number of hydrogen-bond acceptors (Lipinski definition) is 6. The number of nitrogens with zero attached hydrogens (tertiary/aromatic N) is 3. The number of methoxy groups -OCH3 is 1. The molecule has 1 aliphatic rings. The quantitative estimate of drug-likeness (QED) is 0.631. The van der Waals surface area contributed by atoms with Crippen molar-refractivity contribution in [3.8, 4) is 11.5 Å². The van der Waals surface area contributed by atoms with Crippen molar-refractivity contribution in [2.45, 2.75) is 18.9 Å².